The van der Waals surface area contributed by atoms with E-state index in [0.717, 1.165) is 16.7 Å². The maximum Gasteiger partial charge on any atom is 0.303 e. The number of carbonyl (C=O) groups is 3. The number of hydrogen-bond donors (Lipinski definition) is 1. The quantitative estimate of drug-likeness (QED) is 0.167. The molecule has 5 rings (SSSR count). The number of aliphatic hydroxyl groups excluding tert-OH is 1. The molecule has 13 heteroatoms. The van der Waals surface area contributed by atoms with Gasteiger partial charge in [0.2, 0.25) is 0 Å². The zero-order valence-corrected chi connectivity index (χ0v) is 29.4. The molecular weight excluding hydrogens is 676 g/mol. The highest BCUT2D eigenvalue weighted by Gasteiger charge is 2.51. The average molecular weight is 723 g/mol. The topological polar surface area (TPSA) is 155 Å². The second-order valence-electron chi connectivity index (χ2n) is 12.6. The molecule has 2 aliphatic heterocycles. The molecule has 0 saturated carbocycles. The largest absolute Gasteiger partial charge is 0.463 e. The number of esters is 3. The summed E-state index contributed by atoms with van der Waals surface area (Å²) in [6.07, 6.45) is -9.63. The lowest BCUT2D eigenvalue weighted by molar-refractivity contribution is -0.349. The summed E-state index contributed by atoms with van der Waals surface area (Å²) in [5.41, 5.74) is 2.67. The summed E-state index contributed by atoms with van der Waals surface area (Å²) in [6.45, 7) is 3.90. The van der Waals surface area contributed by atoms with Gasteiger partial charge in [-0.3, -0.25) is 14.4 Å². The minimum atomic E-state index is -1.43. The van der Waals surface area contributed by atoms with E-state index in [1.807, 2.05) is 91.0 Å². The molecule has 0 unspecified atom stereocenters. The molecule has 0 radical (unpaired) electrons. The molecule has 3 aromatic rings. The number of benzene rings is 3. The molecule has 280 valence electrons. The molecule has 0 aliphatic carbocycles. The van der Waals surface area contributed by atoms with Crippen molar-refractivity contribution in [1.82, 2.24) is 0 Å². The van der Waals surface area contributed by atoms with Crippen LogP contribution in [-0.2, 0) is 76.8 Å². The van der Waals surface area contributed by atoms with E-state index in [2.05, 4.69) is 0 Å². The zero-order valence-electron chi connectivity index (χ0n) is 29.4. The van der Waals surface area contributed by atoms with E-state index >= 15 is 0 Å². The van der Waals surface area contributed by atoms with Crippen LogP contribution >= 0.6 is 0 Å². The lowest BCUT2D eigenvalue weighted by Crippen LogP contribution is -2.63. The summed E-state index contributed by atoms with van der Waals surface area (Å²) in [7, 11) is 0. The molecule has 2 saturated heterocycles. The first kappa shape index (κ1) is 39.0. The van der Waals surface area contributed by atoms with Gasteiger partial charge < -0.3 is 47.7 Å². The highest BCUT2D eigenvalue weighted by Crippen LogP contribution is 2.34. The predicted octanol–water partition coefficient (Wildman–Crippen LogP) is 4.02. The van der Waals surface area contributed by atoms with Crippen molar-refractivity contribution in [1.29, 1.82) is 0 Å². The van der Waals surface area contributed by atoms with E-state index < -0.39 is 73.2 Å². The summed E-state index contributed by atoms with van der Waals surface area (Å²) >= 11 is 0. The van der Waals surface area contributed by atoms with Crippen molar-refractivity contribution in [3.63, 3.8) is 0 Å². The molecule has 3 aromatic carbocycles. The minimum Gasteiger partial charge on any atom is -0.463 e. The molecule has 2 heterocycles. The van der Waals surface area contributed by atoms with Gasteiger partial charge >= 0.3 is 17.9 Å². The Labute approximate surface area is 302 Å². The van der Waals surface area contributed by atoms with E-state index in [1.165, 1.54) is 20.8 Å². The molecule has 2 aliphatic rings. The van der Waals surface area contributed by atoms with E-state index in [-0.39, 0.29) is 39.5 Å². The van der Waals surface area contributed by atoms with Gasteiger partial charge in [0.15, 0.2) is 18.7 Å². The van der Waals surface area contributed by atoms with Crippen LogP contribution in [0.3, 0.4) is 0 Å². The Morgan fingerprint density at radius 2 is 1.13 bits per heavy atom. The Bertz CT molecular complexity index is 1540. The standard InChI is InChI=1S/C39H46O13/c1-25(40)45-24-33-35(49-27(3)42)31(48-26(2)41)19-34(50-33)52-36-32(23-44-20-28-13-7-4-8-14-28)51-39(43)38(47-22-30-17-11-6-12-18-30)37(36)46-21-29-15-9-5-10-16-29/h4-18,31-39,43H,19-24H2,1-3H3/t31-,32-,33-,34-,35+,36-,37+,38-,39+/m1/s1. The molecule has 0 aromatic heterocycles. The third-order valence-corrected chi connectivity index (χ3v) is 8.44. The SMILES string of the molecule is CC(=O)OC[C@H]1O[C@H](O[C@H]2[C@H](OCc3ccccc3)[C@@H](OCc3ccccc3)[C@@H](O)O[C@@H]2COCc2ccccc2)C[C@@H](OC(C)=O)[C@@H]1OC(C)=O. The normalized spacial score (nSPS) is 27.3. The van der Waals surface area contributed by atoms with Crippen LogP contribution in [-0.4, -0.2) is 91.5 Å². The molecule has 9 atom stereocenters. The monoisotopic (exact) mass is 722 g/mol. The Morgan fingerprint density at radius 3 is 1.67 bits per heavy atom. The number of ether oxygens (including phenoxy) is 9. The second kappa shape index (κ2) is 19.6. The van der Waals surface area contributed by atoms with Crippen LogP contribution in [0.5, 0.6) is 0 Å². The Hall–Kier alpha value is -4.21. The zero-order chi connectivity index (χ0) is 36.9. The Kier molecular flexibility index (Phi) is 14.7. The summed E-state index contributed by atoms with van der Waals surface area (Å²) in [6, 6.07) is 28.5. The molecule has 1 N–H and O–H groups in total. The fourth-order valence-electron chi connectivity index (χ4n) is 6.12. The number of aliphatic hydroxyl groups is 1. The molecule has 0 spiro atoms. The maximum atomic E-state index is 12.2. The summed E-state index contributed by atoms with van der Waals surface area (Å²) in [5, 5.41) is 11.4. The smallest absolute Gasteiger partial charge is 0.303 e. The number of rotatable bonds is 16. The highest BCUT2D eigenvalue weighted by atomic mass is 16.7. The van der Waals surface area contributed by atoms with Gasteiger partial charge in [-0.15, -0.1) is 0 Å². The fraction of sp³-hybridized carbons (Fsp3) is 0.462. The Balaban J connectivity index is 1.45. The van der Waals surface area contributed by atoms with Crippen LogP contribution in [0, 0.1) is 0 Å². The van der Waals surface area contributed by atoms with Gasteiger partial charge in [-0.25, -0.2) is 0 Å². The van der Waals surface area contributed by atoms with Gasteiger partial charge in [0.05, 0.1) is 26.4 Å². The lowest BCUT2D eigenvalue weighted by atomic mass is 9.97. The first-order valence-electron chi connectivity index (χ1n) is 17.2. The van der Waals surface area contributed by atoms with Gasteiger partial charge in [0.25, 0.3) is 0 Å². The van der Waals surface area contributed by atoms with Crippen LogP contribution in [0.15, 0.2) is 91.0 Å². The first-order chi connectivity index (χ1) is 25.2. The van der Waals surface area contributed by atoms with E-state index in [9.17, 15) is 19.5 Å². The van der Waals surface area contributed by atoms with Crippen molar-refractivity contribution in [2.24, 2.45) is 0 Å². The molecular formula is C39H46O13. The average Bonchev–Trinajstić information content (AvgIpc) is 3.12. The third-order valence-electron chi connectivity index (χ3n) is 8.44. The van der Waals surface area contributed by atoms with E-state index in [4.69, 9.17) is 42.6 Å². The minimum absolute atomic E-state index is 0.0136. The molecule has 0 amide bonds. The molecule has 13 nitrogen and oxygen atoms in total. The van der Waals surface area contributed by atoms with Gasteiger partial charge in [-0.1, -0.05) is 91.0 Å². The van der Waals surface area contributed by atoms with Crippen molar-refractivity contribution >= 4 is 17.9 Å². The van der Waals surface area contributed by atoms with Crippen LogP contribution in [0.1, 0.15) is 43.9 Å². The second-order valence-corrected chi connectivity index (χ2v) is 12.6. The van der Waals surface area contributed by atoms with Crippen molar-refractivity contribution in [2.45, 2.75) is 102 Å². The fourth-order valence-corrected chi connectivity index (χ4v) is 6.12. The number of carbonyl (C=O) groups excluding carboxylic acids is 3. The predicted molar refractivity (Wildman–Crippen MR) is 183 cm³/mol. The molecule has 2 fully saturated rings. The molecule has 0 bridgehead atoms. The Morgan fingerprint density at radius 1 is 0.615 bits per heavy atom. The third kappa shape index (κ3) is 11.7. The van der Waals surface area contributed by atoms with Gasteiger partial charge in [-0.2, -0.15) is 0 Å². The number of hydrogen-bond acceptors (Lipinski definition) is 13. The van der Waals surface area contributed by atoms with E-state index in [1.54, 1.807) is 0 Å². The maximum absolute atomic E-state index is 12.2. The van der Waals surface area contributed by atoms with Crippen molar-refractivity contribution < 1.29 is 62.1 Å². The van der Waals surface area contributed by atoms with Crippen molar-refractivity contribution in [2.75, 3.05) is 13.2 Å². The molecule has 52 heavy (non-hydrogen) atoms. The van der Waals surface area contributed by atoms with Crippen LogP contribution in [0.4, 0.5) is 0 Å². The first-order valence-corrected chi connectivity index (χ1v) is 17.2. The van der Waals surface area contributed by atoms with E-state index in [0.29, 0.717) is 0 Å². The van der Waals surface area contributed by atoms with Crippen LogP contribution < -0.4 is 0 Å². The summed E-state index contributed by atoms with van der Waals surface area (Å²) in [5.74, 6) is -1.85. The lowest BCUT2D eigenvalue weighted by Gasteiger charge is -2.47. The summed E-state index contributed by atoms with van der Waals surface area (Å²) < 4.78 is 54.3. The van der Waals surface area contributed by atoms with Crippen molar-refractivity contribution in [3.05, 3.63) is 108 Å². The van der Waals surface area contributed by atoms with Crippen LogP contribution in [0.25, 0.3) is 0 Å². The highest BCUT2D eigenvalue weighted by molar-refractivity contribution is 5.67. The van der Waals surface area contributed by atoms with Crippen molar-refractivity contribution in [3.8, 4) is 0 Å². The van der Waals surface area contributed by atoms with Gasteiger partial charge in [0, 0.05) is 27.2 Å². The van der Waals surface area contributed by atoms with Gasteiger partial charge in [-0.05, 0) is 16.7 Å². The van der Waals surface area contributed by atoms with Gasteiger partial charge in [0.1, 0.15) is 43.2 Å². The van der Waals surface area contributed by atoms with Crippen LogP contribution in [0.2, 0.25) is 0 Å². The summed E-state index contributed by atoms with van der Waals surface area (Å²) in [4.78, 5) is 36.1.